The zero-order valence-electron chi connectivity index (χ0n) is 41.3. The molecule has 1 aromatic rings. The molecule has 1 saturated carbocycles. The number of benzene rings is 1. The van der Waals surface area contributed by atoms with Crippen LogP contribution < -0.4 is 21.3 Å². The summed E-state index contributed by atoms with van der Waals surface area (Å²) in [6.07, 6.45) is 8.31. The van der Waals surface area contributed by atoms with Crippen molar-refractivity contribution >= 4 is 41.1 Å². The number of nitrogens with zero attached hydrogens (tertiary/aromatic N) is 1. The SMILES string of the molecule is CC(C)[C@H](NC(=O)CCOCCOCCOCCOCCOCCOCCOCCOCCNC(=O)CCN1C(=O)CC(C2CCCCCCC2)C1=O)C(=O)N[C@@H](C)C(=O)Nc1ccc(CO)cc1. The lowest BCUT2D eigenvalue weighted by Crippen LogP contribution is -2.53. The number of rotatable bonds is 38. The van der Waals surface area contributed by atoms with Crippen LogP contribution in [-0.4, -0.2) is 176 Å². The quantitative estimate of drug-likeness (QED) is 0.0472. The highest BCUT2D eigenvalue weighted by Gasteiger charge is 2.42. The maximum absolute atomic E-state index is 13.0. The zero-order valence-corrected chi connectivity index (χ0v) is 41.3. The number of anilines is 1. The lowest BCUT2D eigenvalue weighted by molar-refractivity contribution is -0.140. The average molecular weight is 980 g/mol. The van der Waals surface area contributed by atoms with Crippen LogP contribution in [0.3, 0.4) is 0 Å². The van der Waals surface area contributed by atoms with Crippen molar-refractivity contribution in [2.75, 3.05) is 124 Å². The summed E-state index contributed by atoms with van der Waals surface area (Å²) in [7, 11) is 0. The largest absolute Gasteiger partial charge is 0.392 e. The topological polar surface area (TPSA) is 248 Å². The molecule has 3 rings (SSSR count). The van der Waals surface area contributed by atoms with Crippen LogP contribution >= 0.6 is 0 Å². The van der Waals surface area contributed by atoms with Crippen molar-refractivity contribution < 1.29 is 71.8 Å². The molecule has 1 heterocycles. The number of imide groups is 1. The summed E-state index contributed by atoms with van der Waals surface area (Å²) in [5, 5.41) is 20.1. The molecule has 20 nitrogen and oxygen atoms in total. The molecule has 392 valence electrons. The number of amides is 6. The molecule has 0 aromatic heterocycles. The third-order valence-electron chi connectivity index (χ3n) is 11.6. The number of hydrogen-bond acceptors (Lipinski definition) is 15. The highest BCUT2D eigenvalue weighted by Crippen LogP contribution is 2.35. The van der Waals surface area contributed by atoms with Crippen LogP contribution in [0.25, 0.3) is 0 Å². The molecule has 1 aliphatic heterocycles. The molecule has 2 aliphatic rings. The predicted octanol–water partition coefficient (Wildman–Crippen LogP) is 2.53. The van der Waals surface area contributed by atoms with Crippen molar-refractivity contribution in [2.45, 2.75) is 104 Å². The van der Waals surface area contributed by atoms with Crippen LogP contribution in [0.4, 0.5) is 5.69 Å². The fourth-order valence-corrected chi connectivity index (χ4v) is 7.67. The van der Waals surface area contributed by atoms with E-state index >= 15 is 0 Å². The molecule has 0 spiro atoms. The van der Waals surface area contributed by atoms with Crippen LogP contribution in [0.2, 0.25) is 0 Å². The third-order valence-corrected chi connectivity index (χ3v) is 11.6. The average Bonchev–Trinajstić information content (AvgIpc) is 3.60. The summed E-state index contributed by atoms with van der Waals surface area (Å²) in [6.45, 7) is 11.5. The van der Waals surface area contributed by atoms with Gasteiger partial charge in [-0.25, -0.2) is 0 Å². The Labute approximate surface area is 408 Å². The molecule has 1 unspecified atom stereocenters. The van der Waals surface area contributed by atoms with E-state index in [1.807, 2.05) is 0 Å². The molecule has 1 saturated heterocycles. The number of aliphatic hydroxyl groups is 1. The molecule has 1 aliphatic carbocycles. The molecule has 20 heteroatoms. The van der Waals surface area contributed by atoms with E-state index in [0.717, 1.165) is 25.7 Å². The summed E-state index contributed by atoms with van der Waals surface area (Å²) >= 11 is 0. The smallest absolute Gasteiger partial charge is 0.246 e. The summed E-state index contributed by atoms with van der Waals surface area (Å²) in [4.78, 5) is 77.2. The Kier molecular flexibility index (Phi) is 31.5. The normalized spacial score (nSPS) is 16.5. The van der Waals surface area contributed by atoms with Crippen molar-refractivity contribution in [1.82, 2.24) is 20.9 Å². The number of carbonyl (C=O) groups is 6. The molecular weight excluding hydrogens is 899 g/mol. The van der Waals surface area contributed by atoms with Gasteiger partial charge < -0.3 is 64.3 Å². The molecule has 1 aromatic carbocycles. The second kappa shape index (κ2) is 36.8. The molecule has 0 bridgehead atoms. The van der Waals surface area contributed by atoms with E-state index in [1.165, 1.54) is 24.2 Å². The van der Waals surface area contributed by atoms with Crippen molar-refractivity contribution in [3.8, 4) is 0 Å². The summed E-state index contributed by atoms with van der Waals surface area (Å²) in [5.41, 5.74) is 1.24. The number of nitrogens with one attached hydrogen (secondary N) is 4. The maximum atomic E-state index is 13.0. The van der Waals surface area contributed by atoms with Gasteiger partial charge in [-0.05, 0) is 49.3 Å². The van der Waals surface area contributed by atoms with Gasteiger partial charge in [-0.15, -0.1) is 0 Å². The van der Waals surface area contributed by atoms with Crippen molar-refractivity contribution in [3.63, 3.8) is 0 Å². The fourth-order valence-electron chi connectivity index (χ4n) is 7.67. The van der Waals surface area contributed by atoms with Gasteiger partial charge in [-0.3, -0.25) is 33.7 Å². The molecule has 3 atom stereocenters. The third kappa shape index (κ3) is 26.1. The van der Waals surface area contributed by atoms with Gasteiger partial charge in [0.1, 0.15) is 12.1 Å². The summed E-state index contributed by atoms with van der Waals surface area (Å²) < 4.78 is 44.0. The maximum Gasteiger partial charge on any atom is 0.246 e. The van der Waals surface area contributed by atoms with E-state index in [0.29, 0.717) is 117 Å². The lowest BCUT2D eigenvalue weighted by atomic mass is 9.81. The van der Waals surface area contributed by atoms with Gasteiger partial charge in [0.2, 0.25) is 35.4 Å². The molecule has 2 fully saturated rings. The van der Waals surface area contributed by atoms with Crippen LogP contribution in [0.5, 0.6) is 0 Å². The number of carbonyl (C=O) groups excluding carboxylic acids is 6. The van der Waals surface area contributed by atoms with E-state index < -0.39 is 23.9 Å². The van der Waals surface area contributed by atoms with Crippen molar-refractivity contribution in [1.29, 1.82) is 0 Å². The number of ether oxygens (including phenoxy) is 8. The van der Waals surface area contributed by atoms with E-state index in [2.05, 4.69) is 21.3 Å². The number of hydrogen-bond donors (Lipinski definition) is 5. The Morgan fingerprint density at radius 1 is 0.609 bits per heavy atom. The first-order valence-corrected chi connectivity index (χ1v) is 24.8. The Morgan fingerprint density at radius 2 is 1.09 bits per heavy atom. The Hall–Kier alpha value is -4.12. The van der Waals surface area contributed by atoms with Crippen LogP contribution in [0.1, 0.15) is 90.5 Å². The van der Waals surface area contributed by atoms with Crippen LogP contribution in [0.15, 0.2) is 24.3 Å². The first kappa shape index (κ1) is 59.2. The van der Waals surface area contributed by atoms with Gasteiger partial charge >= 0.3 is 0 Å². The van der Waals surface area contributed by atoms with E-state index in [4.69, 9.17) is 37.9 Å². The fraction of sp³-hybridized carbons (Fsp3) is 0.755. The summed E-state index contributed by atoms with van der Waals surface area (Å²) in [5.74, 6) is -1.87. The standard InChI is InChI=1S/C49H81N5O15/c1-37(2)46(48(60)51-38(3)47(59)52-41-13-11-39(36-55)12-14-41)53-44(57)16-19-62-21-23-64-25-27-66-29-31-68-33-34-69-32-30-67-28-26-65-24-22-63-20-17-50-43(56)15-18-54-45(58)35-42(49(54)61)40-9-7-5-4-6-8-10-40/h11-14,37-38,40,42,46,55H,4-10,15-36H2,1-3H3,(H,50,56)(H,51,60)(H,52,59)(H,53,57)/t38-,42?,46-/m0/s1. The monoisotopic (exact) mass is 980 g/mol. The molecule has 6 amide bonds. The van der Waals surface area contributed by atoms with Gasteiger partial charge in [0.25, 0.3) is 0 Å². The second-order valence-corrected chi connectivity index (χ2v) is 17.4. The van der Waals surface area contributed by atoms with Crippen molar-refractivity contribution in [2.24, 2.45) is 17.8 Å². The molecular formula is C49H81N5O15. The van der Waals surface area contributed by atoms with Crippen LogP contribution in [-0.2, 0) is 73.3 Å². The molecule has 5 N–H and O–H groups in total. The van der Waals surface area contributed by atoms with E-state index in [1.54, 1.807) is 45.0 Å². The predicted molar refractivity (Wildman–Crippen MR) is 255 cm³/mol. The van der Waals surface area contributed by atoms with Gasteiger partial charge in [0.05, 0.1) is 118 Å². The Bertz CT molecular complexity index is 1610. The second-order valence-electron chi connectivity index (χ2n) is 17.4. The minimum absolute atomic E-state index is 0.0549. The number of aliphatic hydroxyl groups excluding tert-OH is 1. The Morgan fingerprint density at radius 3 is 1.58 bits per heavy atom. The van der Waals surface area contributed by atoms with Crippen LogP contribution in [0, 0.1) is 17.8 Å². The summed E-state index contributed by atoms with van der Waals surface area (Å²) in [6, 6.07) is 5.02. The highest BCUT2D eigenvalue weighted by atomic mass is 16.6. The molecule has 0 radical (unpaired) electrons. The first-order valence-electron chi connectivity index (χ1n) is 24.8. The number of likely N-dealkylation sites (tertiary alicyclic amines) is 1. The molecule has 69 heavy (non-hydrogen) atoms. The minimum atomic E-state index is -0.848. The highest BCUT2D eigenvalue weighted by molar-refractivity contribution is 6.04. The van der Waals surface area contributed by atoms with E-state index in [9.17, 15) is 33.9 Å². The van der Waals surface area contributed by atoms with E-state index in [-0.39, 0.29) is 80.4 Å². The zero-order chi connectivity index (χ0) is 49.9. The van der Waals surface area contributed by atoms with Gasteiger partial charge in [-0.1, -0.05) is 58.1 Å². The Balaban J connectivity index is 1.01. The van der Waals surface area contributed by atoms with Crippen molar-refractivity contribution in [3.05, 3.63) is 29.8 Å². The van der Waals surface area contributed by atoms with Gasteiger partial charge in [0, 0.05) is 38.0 Å². The van der Waals surface area contributed by atoms with Gasteiger partial charge in [-0.2, -0.15) is 0 Å². The minimum Gasteiger partial charge on any atom is -0.392 e. The lowest BCUT2D eigenvalue weighted by Gasteiger charge is -2.24. The first-order chi connectivity index (χ1) is 33.5. The van der Waals surface area contributed by atoms with Gasteiger partial charge in [0.15, 0.2) is 0 Å².